The maximum atomic E-state index is 13.2. The number of benzene rings is 2. The molecule has 0 saturated carbocycles. The Morgan fingerprint density at radius 2 is 1.83 bits per heavy atom. The fraction of sp³-hybridized carbons (Fsp3) is 0.333. The van der Waals surface area contributed by atoms with E-state index in [9.17, 15) is 14.7 Å². The van der Waals surface area contributed by atoms with E-state index in [1.54, 1.807) is 12.1 Å². The Bertz CT molecular complexity index is 1390. The summed E-state index contributed by atoms with van der Waals surface area (Å²) < 4.78 is 7.34. The number of amides is 1. The molecule has 4 aromatic rings. The van der Waals surface area contributed by atoms with Crippen molar-refractivity contribution in [2.24, 2.45) is 0 Å². The Morgan fingerprint density at radius 1 is 1.06 bits per heavy atom. The molecule has 1 aliphatic heterocycles. The molecule has 0 unspecified atom stereocenters. The highest BCUT2D eigenvalue weighted by Gasteiger charge is 2.21. The Hall–Kier alpha value is -2.97. The molecule has 2 N–H and O–H groups in total. The summed E-state index contributed by atoms with van der Waals surface area (Å²) in [5.41, 5.74) is 3.77. The van der Waals surface area contributed by atoms with Crippen LogP contribution in [0.25, 0.3) is 16.3 Å². The number of nitrogens with one attached hydrogen (secondary N) is 1. The number of aliphatic hydroxyl groups is 1. The zero-order chi connectivity index (χ0) is 24.4. The standard InChI is InChI=1S/C27H28ClN3O4/c28-21-5-3-18(4-6-21)16-29-27(34)24-15-25(33)23-13-19(17-30-7-10-35-11-8-30)12-20-14-22(2-1-9-32)31(24)26(20)23/h3-6,12-15,32H,1-2,7-11,16-17H2,(H,29,34). The lowest BCUT2D eigenvalue weighted by Crippen LogP contribution is -2.35. The predicted molar refractivity (Wildman–Crippen MR) is 136 cm³/mol. The van der Waals surface area contributed by atoms with Crippen LogP contribution in [0, 0.1) is 0 Å². The van der Waals surface area contributed by atoms with Gasteiger partial charge in [0.15, 0.2) is 5.43 Å². The number of hydrogen-bond acceptors (Lipinski definition) is 5. The van der Waals surface area contributed by atoms with Crippen LogP contribution >= 0.6 is 11.6 Å². The average molecular weight is 494 g/mol. The minimum absolute atomic E-state index is 0.0530. The van der Waals surface area contributed by atoms with Crippen LogP contribution in [0.5, 0.6) is 0 Å². The van der Waals surface area contributed by atoms with E-state index in [0.29, 0.717) is 48.7 Å². The Kier molecular flexibility index (Phi) is 7.02. The molecule has 3 heterocycles. The number of rotatable bonds is 8. The van der Waals surface area contributed by atoms with Gasteiger partial charge in [0.05, 0.1) is 18.7 Å². The highest BCUT2D eigenvalue weighted by Crippen LogP contribution is 2.28. The Morgan fingerprint density at radius 3 is 2.57 bits per heavy atom. The largest absolute Gasteiger partial charge is 0.396 e. The monoisotopic (exact) mass is 493 g/mol. The summed E-state index contributed by atoms with van der Waals surface area (Å²) in [5, 5.41) is 14.5. The summed E-state index contributed by atoms with van der Waals surface area (Å²) >= 11 is 5.95. The molecule has 7 nitrogen and oxygen atoms in total. The van der Waals surface area contributed by atoms with Gasteiger partial charge < -0.3 is 19.6 Å². The molecule has 1 fully saturated rings. The molecule has 1 saturated heterocycles. The number of carbonyl (C=O) groups is 1. The number of ether oxygens (including phenoxy) is 1. The lowest BCUT2D eigenvalue weighted by atomic mass is 10.1. The molecule has 0 spiro atoms. The molecule has 2 aromatic heterocycles. The van der Waals surface area contributed by atoms with Crippen molar-refractivity contribution >= 4 is 33.8 Å². The highest BCUT2D eigenvalue weighted by atomic mass is 35.5. The second-order valence-corrected chi connectivity index (χ2v) is 9.41. The molecule has 0 aliphatic carbocycles. The number of aryl methyl sites for hydroxylation is 1. The number of morpholine rings is 1. The molecule has 35 heavy (non-hydrogen) atoms. The number of hydrogen-bond donors (Lipinski definition) is 2. The van der Waals surface area contributed by atoms with Gasteiger partial charge >= 0.3 is 0 Å². The molecule has 2 aromatic carbocycles. The third kappa shape index (κ3) is 5.04. The van der Waals surface area contributed by atoms with Crippen LogP contribution in [0.15, 0.2) is 53.3 Å². The Balaban J connectivity index is 1.53. The highest BCUT2D eigenvalue weighted by molar-refractivity contribution is 6.30. The molecule has 1 aliphatic rings. The summed E-state index contributed by atoms with van der Waals surface area (Å²) in [4.78, 5) is 28.8. The lowest BCUT2D eigenvalue weighted by Gasteiger charge is -2.26. The second-order valence-electron chi connectivity index (χ2n) is 8.97. The van der Waals surface area contributed by atoms with Crippen molar-refractivity contribution in [2.45, 2.75) is 25.9 Å². The first-order chi connectivity index (χ1) is 17.0. The van der Waals surface area contributed by atoms with Crippen molar-refractivity contribution in [1.82, 2.24) is 14.6 Å². The summed E-state index contributed by atoms with van der Waals surface area (Å²) in [6, 6.07) is 14.8. The van der Waals surface area contributed by atoms with Gasteiger partial charge in [-0.25, -0.2) is 0 Å². The fourth-order valence-electron chi connectivity index (χ4n) is 4.79. The second kappa shape index (κ2) is 10.3. The van der Waals surface area contributed by atoms with E-state index in [1.807, 2.05) is 28.7 Å². The SMILES string of the molecule is O=C(NCc1ccc(Cl)cc1)c1cc(=O)c2cc(CN3CCOCC3)cc3cc(CCCO)n1c32. The van der Waals surface area contributed by atoms with E-state index in [2.05, 4.69) is 16.3 Å². The smallest absolute Gasteiger partial charge is 0.268 e. The van der Waals surface area contributed by atoms with Crippen molar-refractivity contribution in [3.05, 3.63) is 86.3 Å². The van der Waals surface area contributed by atoms with Gasteiger partial charge in [-0.1, -0.05) is 23.7 Å². The van der Waals surface area contributed by atoms with Crippen LogP contribution in [-0.4, -0.2) is 53.2 Å². The molecule has 8 heteroatoms. The minimum Gasteiger partial charge on any atom is -0.396 e. The van der Waals surface area contributed by atoms with Crippen LogP contribution < -0.4 is 10.7 Å². The molecular formula is C27H28ClN3O4. The van der Waals surface area contributed by atoms with E-state index >= 15 is 0 Å². The van der Waals surface area contributed by atoms with Gasteiger partial charge in [0.1, 0.15) is 5.69 Å². The van der Waals surface area contributed by atoms with E-state index in [0.717, 1.165) is 47.4 Å². The molecular weight excluding hydrogens is 466 g/mol. The first-order valence-electron chi connectivity index (χ1n) is 11.9. The summed E-state index contributed by atoms with van der Waals surface area (Å²) in [7, 11) is 0. The molecule has 1 amide bonds. The topological polar surface area (TPSA) is 83.3 Å². The molecule has 5 rings (SSSR count). The van der Waals surface area contributed by atoms with Gasteiger partial charge in [-0.2, -0.15) is 0 Å². The summed E-state index contributed by atoms with van der Waals surface area (Å²) in [6.45, 7) is 4.28. The summed E-state index contributed by atoms with van der Waals surface area (Å²) in [6.07, 6.45) is 1.17. The predicted octanol–water partition coefficient (Wildman–Crippen LogP) is 3.23. The van der Waals surface area contributed by atoms with Crippen LogP contribution in [0.4, 0.5) is 0 Å². The van der Waals surface area contributed by atoms with Gasteiger partial charge in [-0.05, 0) is 54.3 Å². The molecule has 0 atom stereocenters. The van der Waals surface area contributed by atoms with Crippen molar-refractivity contribution in [3.63, 3.8) is 0 Å². The van der Waals surface area contributed by atoms with Crippen molar-refractivity contribution in [2.75, 3.05) is 32.9 Å². The van der Waals surface area contributed by atoms with Crippen LogP contribution in [0.2, 0.25) is 5.02 Å². The van der Waals surface area contributed by atoms with Gasteiger partial charge in [0.25, 0.3) is 5.91 Å². The number of halogens is 1. The first-order valence-corrected chi connectivity index (χ1v) is 12.3. The maximum absolute atomic E-state index is 13.2. The van der Waals surface area contributed by atoms with Gasteiger partial charge in [-0.15, -0.1) is 0 Å². The number of carbonyl (C=O) groups excluding carboxylic acids is 1. The normalized spacial score (nSPS) is 14.7. The third-order valence-corrected chi connectivity index (χ3v) is 6.76. The minimum atomic E-state index is -0.320. The van der Waals surface area contributed by atoms with Crippen molar-refractivity contribution < 1.29 is 14.6 Å². The first kappa shape index (κ1) is 23.8. The van der Waals surface area contributed by atoms with Gasteiger partial charge in [0, 0.05) is 60.3 Å². The Labute approximate surface area is 208 Å². The average Bonchev–Trinajstić information content (AvgIpc) is 3.23. The number of pyridine rings is 1. The molecule has 0 bridgehead atoms. The maximum Gasteiger partial charge on any atom is 0.268 e. The van der Waals surface area contributed by atoms with Gasteiger partial charge in [-0.3, -0.25) is 14.5 Å². The quantitative estimate of drug-likeness (QED) is 0.394. The molecule has 182 valence electrons. The zero-order valence-corrected chi connectivity index (χ0v) is 20.2. The number of nitrogens with zero attached hydrogens (tertiary/aromatic N) is 2. The third-order valence-electron chi connectivity index (χ3n) is 6.51. The zero-order valence-electron chi connectivity index (χ0n) is 19.4. The number of aromatic nitrogens is 1. The lowest BCUT2D eigenvalue weighted by molar-refractivity contribution is 0.0342. The molecule has 0 radical (unpaired) electrons. The van der Waals surface area contributed by atoms with Gasteiger partial charge in [0.2, 0.25) is 0 Å². The van der Waals surface area contributed by atoms with E-state index in [1.165, 1.54) is 6.07 Å². The van der Waals surface area contributed by atoms with Crippen LogP contribution in [0.3, 0.4) is 0 Å². The van der Waals surface area contributed by atoms with Crippen LogP contribution in [0.1, 0.15) is 33.7 Å². The number of aliphatic hydroxyl groups excluding tert-OH is 1. The van der Waals surface area contributed by atoms with Crippen LogP contribution in [-0.2, 0) is 24.2 Å². The van der Waals surface area contributed by atoms with E-state index in [4.69, 9.17) is 16.3 Å². The van der Waals surface area contributed by atoms with E-state index in [-0.39, 0.29) is 17.9 Å². The summed E-state index contributed by atoms with van der Waals surface area (Å²) in [5.74, 6) is -0.320. The fourth-order valence-corrected chi connectivity index (χ4v) is 4.92. The van der Waals surface area contributed by atoms with Crippen molar-refractivity contribution in [1.29, 1.82) is 0 Å². The van der Waals surface area contributed by atoms with E-state index < -0.39 is 0 Å². The van der Waals surface area contributed by atoms with Crippen molar-refractivity contribution in [3.8, 4) is 0 Å².